The van der Waals surface area contributed by atoms with Crippen LogP contribution in [0, 0.1) is 0 Å². The smallest absolute Gasteiger partial charge is 0.290 e. The topological polar surface area (TPSA) is 54.7 Å². The lowest BCUT2D eigenvalue weighted by atomic mass is 9.80. The predicted octanol–water partition coefficient (Wildman–Crippen LogP) is 3.19. The Morgan fingerprint density at radius 3 is 2.41 bits per heavy atom. The molecule has 1 saturated heterocycles. The standard InChI is InChI=1S/C17H28N2O3/c1-16(2)8-7-9-17(3,4)19(16)11-12-10-13(21-6)14(22-12)15(20)18-5/h10H,7-9,11H2,1-6H3,(H,18,20). The van der Waals surface area contributed by atoms with Crippen molar-refractivity contribution in [3.05, 3.63) is 17.6 Å². The van der Waals surface area contributed by atoms with Gasteiger partial charge in [-0.25, -0.2) is 0 Å². The molecule has 1 N–H and O–H groups in total. The lowest BCUT2D eigenvalue weighted by molar-refractivity contribution is -0.0385. The lowest BCUT2D eigenvalue weighted by Gasteiger charge is -2.52. The zero-order chi connectivity index (χ0) is 16.5. The number of amides is 1. The van der Waals surface area contributed by atoms with E-state index in [0.717, 1.165) is 18.6 Å². The maximum absolute atomic E-state index is 11.9. The van der Waals surface area contributed by atoms with Crippen molar-refractivity contribution in [1.82, 2.24) is 10.2 Å². The predicted molar refractivity (Wildman–Crippen MR) is 86.2 cm³/mol. The van der Waals surface area contributed by atoms with Gasteiger partial charge in [-0.05, 0) is 47.0 Å². The average Bonchev–Trinajstić information content (AvgIpc) is 2.85. The summed E-state index contributed by atoms with van der Waals surface area (Å²) >= 11 is 0. The number of furan rings is 1. The first-order valence-corrected chi connectivity index (χ1v) is 7.88. The van der Waals surface area contributed by atoms with Gasteiger partial charge in [0.05, 0.1) is 13.7 Å². The normalized spacial score (nSPS) is 20.6. The van der Waals surface area contributed by atoms with Crippen LogP contribution < -0.4 is 10.1 Å². The molecule has 0 bridgehead atoms. The van der Waals surface area contributed by atoms with Crippen LogP contribution in [0.15, 0.2) is 10.5 Å². The highest BCUT2D eigenvalue weighted by Gasteiger charge is 2.41. The molecule has 2 heterocycles. The van der Waals surface area contributed by atoms with Crippen LogP contribution in [0.3, 0.4) is 0 Å². The third-order valence-corrected chi connectivity index (χ3v) is 4.75. The number of rotatable bonds is 4. The monoisotopic (exact) mass is 308 g/mol. The number of methoxy groups -OCH3 is 1. The zero-order valence-corrected chi connectivity index (χ0v) is 14.6. The van der Waals surface area contributed by atoms with Crippen LogP contribution in [0.1, 0.15) is 63.3 Å². The Labute approximate surface area is 133 Å². The van der Waals surface area contributed by atoms with E-state index in [4.69, 9.17) is 9.15 Å². The van der Waals surface area contributed by atoms with Gasteiger partial charge < -0.3 is 14.5 Å². The Bertz CT molecular complexity index is 530. The minimum absolute atomic E-state index is 0.106. The van der Waals surface area contributed by atoms with Crippen LogP contribution in [0.5, 0.6) is 5.75 Å². The van der Waals surface area contributed by atoms with Gasteiger partial charge in [0.1, 0.15) is 5.76 Å². The van der Waals surface area contributed by atoms with Crippen molar-refractivity contribution in [2.75, 3.05) is 14.2 Å². The number of carbonyl (C=O) groups excluding carboxylic acids is 1. The molecule has 0 radical (unpaired) electrons. The number of carbonyl (C=O) groups is 1. The molecule has 1 aromatic rings. The van der Waals surface area contributed by atoms with Gasteiger partial charge in [-0.1, -0.05) is 0 Å². The molecule has 0 saturated carbocycles. The van der Waals surface area contributed by atoms with Gasteiger partial charge in [-0.3, -0.25) is 9.69 Å². The van der Waals surface area contributed by atoms with Crippen LogP contribution in [0.25, 0.3) is 0 Å². The van der Waals surface area contributed by atoms with E-state index in [1.54, 1.807) is 14.2 Å². The highest BCUT2D eigenvalue weighted by Crippen LogP contribution is 2.40. The molecule has 2 rings (SSSR count). The average molecular weight is 308 g/mol. The fourth-order valence-electron chi connectivity index (χ4n) is 3.55. The van der Waals surface area contributed by atoms with Crippen LogP contribution in [-0.2, 0) is 6.54 Å². The fourth-order valence-corrected chi connectivity index (χ4v) is 3.55. The molecule has 5 heteroatoms. The van der Waals surface area contributed by atoms with E-state index < -0.39 is 0 Å². The molecule has 0 aliphatic carbocycles. The Morgan fingerprint density at radius 2 is 1.91 bits per heavy atom. The largest absolute Gasteiger partial charge is 0.492 e. The van der Waals surface area contributed by atoms with E-state index in [1.807, 2.05) is 6.07 Å². The minimum Gasteiger partial charge on any atom is -0.492 e. The van der Waals surface area contributed by atoms with Gasteiger partial charge >= 0.3 is 0 Å². The van der Waals surface area contributed by atoms with Gasteiger partial charge in [0.2, 0.25) is 5.76 Å². The Balaban J connectivity index is 2.29. The van der Waals surface area contributed by atoms with E-state index >= 15 is 0 Å². The molecular weight excluding hydrogens is 280 g/mol. The number of hydrogen-bond donors (Lipinski definition) is 1. The summed E-state index contributed by atoms with van der Waals surface area (Å²) < 4.78 is 11.0. The summed E-state index contributed by atoms with van der Waals surface area (Å²) in [5, 5.41) is 2.58. The molecule has 124 valence electrons. The summed E-state index contributed by atoms with van der Waals surface area (Å²) in [6.07, 6.45) is 3.56. The summed E-state index contributed by atoms with van der Waals surface area (Å²) in [5.74, 6) is 1.23. The second kappa shape index (κ2) is 5.95. The van der Waals surface area contributed by atoms with E-state index in [-0.39, 0.29) is 22.7 Å². The Morgan fingerprint density at radius 1 is 1.32 bits per heavy atom. The highest BCUT2D eigenvalue weighted by atomic mass is 16.5. The Kier molecular flexibility index (Phi) is 4.57. The van der Waals surface area contributed by atoms with Gasteiger partial charge in [-0.2, -0.15) is 0 Å². The highest BCUT2D eigenvalue weighted by molar-refractivity contribution is 5.94. The van der Waals surface area contributed by atoms with Gasteiger partial charge in [0.25, 0.3) is 5.91 Å². The molecule has 0 spiro atoms. The maximum atomic E-state index is 11.9. The van der Waals surface area contributed by atoms with Crippen molar-refractivity contribution >= 4 is 5.91 Å². The van der Waals surface area contributed by atoms with Crippen LogP contribution in [0.2, 0.25) is 0 Å². The summed E-state index contributed by atoms with van der Waals surface area (Å²) in [6.45, 7) is 9.76. The second-order valence-electron chi connectivity index (χ2n) is 7.25. The molecule has 5 nitrogen and oxygen atoms in total. The minimum atomic E-state index is -0.264. The summed E-state index contributed by atoms with van der Waals surface area (Å²) in [7, 11) is 3.14. The molecule has 0 aromatic carbocycles. The lowest BCUT2D eigenvalue weighted by Crippen LogP contribution is -2.57. The maximum Gasteiger partial charge on any atom is 0.290 e. The zero-order valence-electron chi connectivity index (χ0n) is 14.6. The van der Waals surface area contributed by atoms with Crippen molar-refractivity contribution in [3.8, 4) is 5.75 Å². The van der Waals surface area contributed by atoms with Crippen molar-refractivity contribution in [2.45, 2.75) is 64.6 Å². The Hall–Kier alpha value is -1.49. The first-order valence-electron chi connectivity index (χ1n) is 7.88. The number of nitrogens with one attached hydrogen (secondary N) is 1. The van der Waals surface area contributed by atoms with E-state index in [1.165, 1.54) is 6.42 Å². The molecule has 1 aromatic heterocycles. The van der Waals surface area contributed by atoms with E-state index in [2.05, 4.69) is 37.9 Å². The third-order valence-electron chi connectivity index (χ3n) is 4.75. The van der Waals surface area contributed by atoms with Crippen molar-refractivity contribution < 1.29 is 13.9 Å². The van der Waals surface area contributed by atoms with Crippen molar-refractivity contribution in [1.29, 1.82) is 0 Å². The van der Waals surface area contributed by atoms with Crippen LogP contribution >= 0.6 is 0 Å². The third kappa shape index (κ3) is 3.14. The van der Waals surface area contributed by atoms with E-state index in [9.17, 15) is 4.79 Å². The SMILES string of the molecule is CNC(=O)c1oc(CN2C(C)(C)CCCC2(C)C)cc1OC. The summed E-state index contributed by atoms with van der Waals surface area (Å²) in [5.41, 5.74) is 0.212. The van der Waals surface area contributed by atoms with Gasteiger partial charge in [0, 0.05) is 24.2 Å². The molecule has 22 heavy (non-hydrogen) atoms. The molecule has 1 amide bonds. The number of likely N-dealkylation sites (tertiary alicyclic amines) is 1. The van der Waals surface area contributed by atoms with Gasteiger partial charge in [-0.15, -0.1) is 0 Å². The second-order valence-corrected chi connectivity index (χ2v) is 7.25. The molecule has 1 aliphatic heterocycles. The number of ether oxygens (including phenoxy) is 1. The summed E-state index contributed by atoms with van der Waals surface area (Å²) in [4.78, 5) is 14.3. The molecule has 0 unspecified atom stereocenters. The van der Waals surface area contributed by atoms with Crippen LogP contribution in [-0.4, -0.2) is 36.0 Å². The molecule has 1 fully saturated rings. The van der Waals surface area contributed by atoms with Gasteiger partial charge in [0.15, 0.2) is 5.75 Å². The van der Waals surface area contributed by atoms with Crippen molar-refractivity contribution in [2.24, 2.45) is 0 Å². The molecular formula is C17H28N2O3. The quantitative estimate of drug-likeness (QED) is 0.928. The molecule has 0 atom stereocenters. The van der Waals surface area contributed by atoms with Crippen LogP contribution in [0.4, 0.5) is 0 Å². The fraction of sp³-hybridized carbons (Fsp3) is 0.706. The number of piperidine rings is 1. The summed E-state index contributed by atoms with van der Waals surface area (Å²) in [6, 6.07) is 1.82. The number of nitrogens with zero attached hydrogens (tertiary/aromatic N) is 1. The first-order chi connectivity index (χ1) is 10.2. The number of hydrogen-bond acceptors (Lipinski definition) is 4. The van der Waals surface area contributed by atoms with Crippen molar-refractivity contribution in [3.63, 3.8) is 0 Å². The van der Waals surface area contributed by atoms with E-state index in [0.29, 0.717) is 12.3 Å². The molecule has 1 aliphatic rings. The first kappa shape index (κ1) is 16.9.